The van der Waals surface area contributed by atoms with Crippen LogP contribution >= 0.6 is 48.0 Å². The number of halogens is 3. The summed E-state index contributed by atoms with van der Waals surface area (Å²) in [7, 11) is 9.77. The van der Waals surface area contributed by atoms with Gasteiger partial charge in [0.15, 0.2) is 0 Å². The summed E-state index contributed by atoms with van der Waals surface area (Å²) in [6.07, 6.45) is 0. The predicted molar refractivity (Wildman–Crippen MR) is 42.8 cm³/mol. The van der Waals surface area contributed by atoms with Gasteiger partial charge in [0.1, 0.15) is 0 Å². The predicted octanol–water partition coefficient (Wildman–Crippen LogP) is 2.59. The van der Waals surface area contributed by atoms with Crippen molar-refractivity contribution in [3.8, 4) is 0 Å². The summed E-state index contributed by atoms with van der Waals surface area (Å²) in [5.41, 5.74) is 0. The molecular formula is H2Cl2IPS. The molecule has 0 unspecified atom stereocenters. The molecule has 0 fully saturated rings. The van der Waals surface area contributed by atoms with Gasteiger partial charge in [-0.1, -0.05) is 0 Å². The van der Waals surface area contributed by atoms with Crippen LogP contribution in [0.25, 0.3) is 0 Å². The van der Waals surface area contributed by atoms with Gasteiger partial charge in [-0.05, 0) is 0 Å². The molecule has 0 aliphatic rings. The zero-order valence-electron chi connectivity index (χ0n) is 3.99. The van der Waals surface area contributed by atoms with Gasteiger partial charge in [-0.15, -0.1) is 0 Å². The standard InChI is InChI=1S/Cl2H2IPS/c1-5(2)4-3/h3H2/i3TD. The zero-order chi connectivity index (χ0) is 5.86. The second-order valence-corrected chi connectivity index (χ2v) is 9.47. The Morgan fingerprint density at radius 2 is 3.00 bits per heavy atom. The Kier molecular flexibility index (Phi) is 3.22. The molecule has 0 radical (unpaired) electrons. The van der Waals surface area contributed by atoms with Crippen molar-refractivity contribution in [3.63, 3.8) is 0 Å². The first-order valence-electron chi connectivity index (χ1n) is 1.42. The minimum absolute atomic E-state index is 0.626. The van der Waals surface area contributed by atoms with Gasteiger partial charge in [-0.25, -0.2) is 0 Å². The minimum atomic E-state index is -2.15. The molecule has 0 nitrogen and oxygen atoms in total. The van der Waals surface area contributed by atoms with E-state index in [1.807, 2.05) is 0 Å². The van der Waals surface area contributed by atoms with Crippen LogP contribution in [0.2, 0.25) is 0 Å². The summed E-state index contributed by atoms with van der Waals surface area (Å²) < 4.78 is 13.5. The third kappa shape index (κ3) is 5.96. The van der Waals surface area contributed by atoms with Crippen LogP contribution < -0.4 is 0 Å². The van der Waals surface area contributed by atoms with Crippen LogP contribution in [0.15, 0.2) is 0 Å². The molecule has 0 aliphatic carbocycles. The van der Waals surface area contributed by atoms with E-state index in [2.05, 4.69) is 0 Å². The average Bonchev–Trinajstić information content (AvgIpc) is 1.27. The van der Waals surface area contributed by atoms with Crippen molar-refractivity contribution in [1.82, 2.24) is 0 Å². The second kappa shape index (κ2) is 4.13. The van der Waals surface area contributed by atoms with Crippen LogP contribution in [-0.4, -0.2) is 1.19 Å². The Morgan fingerprint density at radius 1 is 2.40 bits per heavy atom. The third-order valence-electron chi connectivity index (χ3n) is 0.0522. The van der Waals surface area contributed by atoms with E-state index < -0.39 is 30.1 Å². The fraction of sp³-hybridized carbons (Fsp3) is 0. The fourth-order valence-electron chi connectivity index (χ4n) is 0. The molecule has 5 heavy (non-hydrogen) atoms. The Morgan fingerprint density at radius 3 is 3.00 bits per heavy atom. The number of hydrogen-bond acceptors (Lipinski definition) is 0. The van der Waals surface area contributed by atoms with Crippen LogP contribution in [0, 0.1) is 0 Å². The van der Waals surface area contributed by atoms with E-state index in [0.717, 1.165) is 0 Å². The third-order valence-corrected chi connectivity index (χ3v) is 9.45. The van der Waals surface area contributed by atoms with E-state index in [1.54, 1.807) is 0 Å². The topological polar surface area (TPSA) is 0 Å². The Bertz CT molecular complexity index is 79.8. The molecule has 0 heterocycles. The second-order valence-electron chi connectivity index (χ2n) is 0.265. The molecule has 0 atom stereocenters. The fourth-order valence-corrected chi connectivity index (χ4v) is 0. The van der Waals surface area contributed by atoms with E-state index in [9.17, 15) is 0 Å². The van der Waals surface area contributed by atoms with Crippen LogP contribution in [-0.2, 0) is 8.50 Å². The SMILES string of the molecule is [2H]I([3H])P=S(Cl)Cl. The summed E-state index contributed by atoms with van der Waals surface area (Å²) in [4.78, 5) is 0.626. The van der Waals surface area contributed by atoms with Crippen molar-refractivity contribution in [1.29, 1.82) is 1.19 Å². The molecule has 0 aromatic heterocycles. The van der Waals surface area contributed by atoms with Gasteiger partial charge in [-0.2, -0.15) is 0 Å². The van der Waals surface area contributed by atoms with Crippen molar-refractivity contribution in [2.24, 2.45) is 0 Å². The molecular weight excluding hydrogens is 261 g/mol. The summed E-state index contributed by atoms with van der Waals surface area (Å²) in [6, 6.07) is 0. The van der Waals surface area contributed by atoms with Crippen molar-refractivity contribution in [3.05, 3.63) is 0 Å². The van der Waals surface area contributed by atoms with Gasteiger partial charge in [-0.3, -0.25) is 0 Å². The van der Waals surface area contributed by atoms with E-state index in [-0.39, 0.29) is 0 Å². The quantitative estimate of drug-likeness (QED) is 0.505. The normalized spacial score (nSPS) is 18.6. The first-order valence-corrected chi connectivity index (χ1v) is 7.82. The maximum atomic E-state index is 6.76. The molecule has 0 aromatic carbocycles. The first kappa shape index (κ1) is 3.90. The molecule has 0 spiro atoms. The van der Waals surface area contributed by atoms with Gasteiger partial charge in [0.25, 0.3) is 0 Å². The summed E-state index contributed by atoms with van der Waals surface area (Å²) in [5.74, 6) is 0. The van der Waals surface area contributed by atoms with Crippen LogP contribution in [0.5, 0.6) is 0 Å². The van der Waals surface area contributed by atoms with E-state index in [1.165, 1.54) is 0 Å². The van der Waals surface area contributed by atoms with E-state index in [0.29, 0.717) is 5.00 Å². The Balaban J connectivity index is 3.45. The van der Waals surface area contributed by atoms with Gasteiger partial charge >= 0.3 is 57.7 Å². The maximum absolute atomic E-state index is 6.76. The average molecular weight is 266 g/mol. The van der Waals surface area contributed by atoms with E-state index >= 15 is 0 Å². The molecule has 34 valence electrons. The van der Waals surface area contributed by atoms with Crippen LogP contribution in [0.3, 0.4) is 0 Å². The molecule has 0 saturated heterocycles. The van der Waals surface area contributed by atoms with Crippen LogP contribution in [0.4, 0.5) is 0 Å². The van der Waals surface area contributed by atoms with Crippen molar-refractivity contribution < 1.29 is 0 Å². The Hall–Kier alpha value is 1.96. The van der Waals surface area contributed by atoms with Crippen molar-refractivity contribution in [2.45, 2.75) is 0 Å². The van der Waals surface area contributed by atoms with Crippen molar-refractivity contribution >= 4 is 56.5 Å². The first-order chi connectivity index (χ1) is 3.13. The summed E-state index contributed by atoms with van der Waals surface area (Å²) in [5, 5.41) is 0. The summed E-state index contributed by atoms with van der Waals surface area (Å²) >= 11 is -2.15. The van der Waals surface area contributed by atoms with Gasteiger partial charge in [0, 0.05) is 0 Å². The van der Waals surface area contributed by atoms with Crippen molar-refractivity contribution in [2.75, 3.05) is 0 Å². The molecule has 0 saturated carbocycles. The molecule has 0 rings (SSSR count). The van der Waals surface area contributed by atoms with E-state index in [4.69, 9.17) is 22.6 Å². The van der Waals surface area contributed by atoms with Crippen LogP contribution in [0.1, 0.15) is 0 Å². The summed E-state index contributed by atoms with van der Waals surface area (Å²) in [6.45, 7) is 0. The molecule has 0 bridgehead atoms. The molecule has 0 aromatic rings. The number of hydrogen-bond donors (Lipinski definition) is 0. The van der Waals surface area contributed by atoms with Gasteiger partial charge < -0.3 is 0 Å². The molecule has 5 heteroatoms. The molecule has 0 amide bonds. The van der Waals surface area contributed by atoms with Gasteiger partial charge in [0.2, 0.25) is 0 Å². The molecule has 0 aliphatic heterocycles. The number of rotatable bonds is 1. The van der Waals surface area contributed by atoms with Gasteiger partial charge in [0.05, 0.1) is 0 Å². The zero-order valence-corrected chi connectivity index (χ0v) is 7.37. The monoisotopic (exact) mass is 265 g/mol. The Labute approximate surface area is 57.4 Å². The molecule has 0 N–H and O–H groups in total.